The highest BCUT2D eigenvalue weighted by atomic mass is 28.3. The number of carbonyl (C=O) groups excluding carboxylic acids is 1. The lowest BCUT2D eigenvalue weighted by Gasteiger charge is -2.35. The Morgan fingerprint density at radius 1 is 1.50 bits per heavy atom. The molecule has 0 aromatic heterocycles. The predicted molar refractivity (Wildman–Crippen MR) is 74.5 cm³/mol. The Morgan fingerprint density at radius 3 is 2.50 bits per heavy atom. The van der Waals surface area contributed by atoms with Crippen molar-refractivity contribution in [1.29, 1.82) is 0 Å². The van der Waals surface area contributed by atoms with Gasteiger partial charge in [-0.05, 0) is 6.92 Å². The second kappa shape index (κ2) is 4.56. The molecular weight excluding hydrogens is 244 g/mol. The fraction of sp³-hybridized carbons (Fsp3) is 0.643. The summed E-state index contributed by atoms with van der Waals surface area (Å²) in [6.07, 6.45) is 0.652. The third-order valence-electron chi connectivity index (χ3n) is 3.69. The second-order valence-electron chi connectivity index (χ2n) is 6.32. The first kappa shape index (κ1) is 15.0. The molecule has 0 aliphatic carbocycles. The molecule has 1 aliphatic heterocycles. The summed E-state index contributed by atoms with van der Waals surface area (Å²) < 4.78 is 5.10. The van der Waals surface area contributed by atoms with Gasteiger partial charge < -0.3 is 9.84 Å². The maximum absolute atomic E-state index is 12.0. The summed E-state index contributed by atoms with van der Waals surface area (Å²) in [6, 6.07) is 0. The average Bonchev–Trinajstić information content (AvgIpc) is 2.51. The monoisotopic (exact) mass is 266 g/mol. The number of aliphatic hydroxyl groups excluding tert-OH is 1. The number of hydrogen-bond acceptors (Lipinski definition) is 3. The summed E-state index contributed by atoms with van der Waals surface area (Å²) in [6.45, 7) is 13.8. The van der Waals surface area contributed by atoms with Gasteiger partial charge in [0.15, 0.2) is 0 Å². The maximum atomic E-state index is 12.0. The van der Waals surface area contributed by atoms with Gasteiger partial charge in [-0.25, -0.2) is 0 Å². The van der Waals surface area contributed by atoms with Crippen LogP contribution in [0.1, 0.15) is 13.8 Å². The van der Waals surface area contributed by atoms with Crippen molar-refractivity contribution in [2.45, 2.75) is 39.6 Å². The van der Waals surface area contributed by atoms with E-state index < -0.39 is 31.0 Å². The first-order valence-electron chi connectivity index (χ1n) is 6.08. The molecular formula is C14H22O3Si. The lowest BCUT2D eigenvalue weighted by atomic mass is 9.64. The van der Waals surface area contributed by atoms with E-state index in [1.165, 1.54) is 0 Å². The van der Waals surface area contributed by atoms with E-state index in [0.717, 1.165) is 0 Å². The fourth-order valence-corrected chi connectivity index (χ4v) is 2.44. The fourth-order valence-electron chi connectivity index (χ4n) is 1.87. The van der Waals surface area contributed by atoms with Gasteiger partial charge in [0.25, 0.3) is 0 Å². The van der Waals surface area contributed by atoms with Gasteiger partial charge in [-0.3, -0.25) is 4.79 Å². The summed E-state index contributed by atoms with van der Waals surface area (Å²) in [5, 5.41) is 10.3. The van der Waals surface area contributed by atoms with Crippen LogP contribution in [-0.2, 0) is 9.53 Å². The molecule has 0 saturated carbocycles. The van der Waals surface area contributed by atoms with Gasteiger partial charge in [0.1, 0.15) is 26.2 Å². The molecule has 18 heavy (non-hydrogen) atoms. The first-order valence-corrected chi connectivity index (χ1v) is 9.58. The SMILES string of the molecule is C=C[C@@]1(C)COC(=O)[C@]1(C)[C@H](O)C#C[Si](C)(C)C. The number of carbonyl (C=O) groups is 1. The van der Waals surface area contributed by atoms with Crippen molar-refractivity contribution in [2.24, 2.45) is 10.8 Å². The van der Waals surface area contributed by atoms with Gasteiger partial charge in [0, 0.05) is 5.41 Å². The summed E-state index contributed by atoms with van der Waals surface area (Å²) in [4.78, 5) is 12.0. The average molecular weight is 266 g/mol. The van der Waals surface area contributed by atoms with Crippen LogP contribution in [0.5, 0.6) is 0 Å². The molecule has 1 rings (SSSR count). The Labute approximate surface area is 110 Å². The van der Waals surface area contributed by atoms with Crippen LogP contribution in [0, 0.1) is 22.3 Å². The van der Waals surface area contributed by atoms with Crippen LogP contribution in [0.4, 0.5) is 0 Å². The molecule has 0 bridgehead atoms. The third kappa shape index (κ3) is 2.38. The number of cyclic esters (lactones) is 1. The number of hydrogen-bond donors (Lipinski definition) is 1. The van der Waals surface area contributed by atoms with Crippen molar-refractivity contribution in [3.63, 3.8) is 0 Å². The van der Waals surface area contributed by atoms with E-state index in [2.05, 4.69) is 37.7 Å². The summed E-state index contributed by atoms with van der Waals surface area (Å²) in [7, 11) is -1.58. The van der Waals surface area contributed by atoms with Gasteiger partial charge in [0.2, 0.25) is 0 Å². The number of esters is 1. The topological polar surface area (TPSA) is 46.5 Å². The Balaban J connectivity index is 3.14. The van der Waals surface area contributed by atoms with Gasteiger partial charge >= 0.3 is 5.97 Å². The van der Waals surface area contributed by atoms with Gasteiger partial charge in [-0.15, -0.1) is 12.1 Å². The van der Waals surface area contributed by atoms with Crippen LogP contribution in [0.3, 0.4) is 0 Å². The van der Waals surface area contributed by atoms with Crippen LogP contribution < -0.4 is 0 Å². The summed E-state index contributed by atoms with van der Waals surface area (Å²) in [5.41, 5.74) is 1.48. The smallest absolute Gasteiger partial charge is 0.316 e. The number of ether oxygens (including phenoxy) is 1. The van der Waals surface area contributed by atoms with E-state index in [1.54, 1.807) is 13.0 Å². The number of aliphatic hydroxyl groups is 1. The molecule has 1 saturated heterocycles. The van der Waals surface area contributed by atoms with Gasteiger partial charge in [-0.2, -0.15) is 0 Å². The van der Waals surface area contributed by atoms with Gasteiger partial charge in [0.05, 0.1) is 0 Å². The molecule has 3 nitrogen and oxygen atoms in total. The van der Waals surface area contributed by atoms with Crippen LogP contribution in [0.2, 0.25) is 19.6 Å². The van der Waals surface area contributed by atoms with E-state index in [4.69, 9.17) is 4.74 Å². The molecule has 0 aromatic carbocycles. The lowest BCUT2D eigenvalue weighted by Crippen LogP contribution is -2.46. The normalized spacial score (nSPS) is 33.3. The predicted octanol–water partition coefficient (Wildman–Crippen LogP) is 1.98. The highest BCUT2D eigenvalue weighted by molar-refractivity contribution is 6.83. The van der Waals surface area contributed by atoms with Crippen molar-refractivity contribution in [2.75, 3.05) is 6.61 Å². The van der Waals surface area contributed by atoms with Crippen molar-refractivity contribution in [3.05, 3.63) is 12.7 Å². The Bertz CT molecular complexity index is 427. The maximum Gasteiger partial charge on any atom is 0.316 e. The van der Waals surface area contributed by atoms with Crippen LogP contribution in [0.25, 0.3) is 0 Å². The molecule has 0 amide bonds. The molecule has 0 radical (unpaired) electrons. The van der Waals surface area contributed by atoms with E-state index in [9.17, 15) is 9.90 Å². The Hall–Kier alpha value is -1.05. The van der Waals surface area contributed by atoms with E-state index in [1.807, 2.05) is 6.92 Å². The van der Waals surface area contributed by atoms with E-state index in [0.29, 0.717) is 0 Å². The molecule has 3 atom stereocenters. The standard InChI is InChI=1S/C14H22O3Si/c1-7-13(2)10-17-12(16)14(13,3)11(15)8-9-18(4,5)6/h7,11,15H,1,10H2,2-6H3/t11-,13+,14+/m1/s1. The molecule has 4 heteroatoms. The molecule has 1 aliphatic rings. The Morgan fingerprint density at radius 2 is 2.06 bits per heavy atom. The summed E-state index contributed by atoms with van der Waals surface area (Å²) in [5.74, 6) is 2.44. The van der Waals surface area contributed by atoms with E-state index >= 15 is 0 Å². The zero-order valence-electron chi connectivity index (χ0n) is 11.8. The van der Waals surface area contributed by atoms with Crippen molar-refractivity contribution in [1.82, 2.24) is 0 Å². The second-order valence-corrected chi connectivity index (χ2v) is 11.1. The largest absolute Gasteiger partial charge is 0.464 e. The minimum atomic E-state index is -1.58. The molecule has 1 N–H and O–H groups in total. The summed E-state index contributed by atoms with van der Waals surface area (Å²) >= 11 is 0. The van der Waals surface area contributed by atoms with Crippen LogP contribution >= 0.6 is 0 Å². The van der Waals surface area contributed by atoms with Gasteiger partial charge in [-0.1, -0.05) is 38.6 Å². The Kier molecular flexibility index (Phi) is 3.80. The lowest BCUT2D eigenvalue weighted by molar-refractivity contribution is -0.150. The molecule has 0 unspecified atom stereocenters. The number of rotatable bonds is 2. The third-order valence-corrected chi connectivity index (χ3v) is 4.59. The first-order chi connectivity index (χ1) is 8.07. The highest BCUT2D eigenvalue weighted by Crippen LogP contribution is 2.48. The van der Waals surface area contributed by atoms with Crippen LogP contribution in [0.15, 0.2) is 12.7 Å². The van der Waals surface area contributed by atoms with Crippen LogP contribution in [-0.4, -0.2) is 31.9 Å². The zero-order chi connectivity index (χ0) is 14.2. The minimum Gasteiger partial charge on any atom is -0.464 e. The molecule has 0 spiro atoms. The quantitative estimate of drug-likeness (QED) is 0.360. The van der Waals surface area contributed by atoms with Crippen molar-refractivity contribution >= 4 is 14.0 Å². The van der Waals surface area contributed by atoms with Crippen molar-refractivity contribution in [3.8, 4) is 11.5 Å². The molecule has 0 aromatic rings. The molecule has 100 valence electrons. The van der Waals surface area contributed by atoms with E-state index in [-0.39, 0.29) is 6.61 Å². The van der Waals surface area contributed by atoms with Crippen molar-refractivity contribution < 1.29 is 14.6 Å². The molecule has 1 fully saturated rings. The minimum absolute atomic E-state index is 0.248. The molecule has 1 heterocycles. The zero-order valence-corrected chi connectivity index (χ0v) is 12.8. The highest BCUT2D eigenvalue weighted by Gasteiger charge is 2.59.